The van der Waals surface area contributed by atoms with Gasteiger partial charge in [-0.05, 0) is 13.8 Å². The third kappa shape index (κ3) is 2.69. The maximum Gasteiger partial charge on any atom is 0.148 e. The summed E-state index contributed by atoms with van der Waals surface area (Å²) in [6.45, 7) is 5.00. The predicted molar refractivity (Wildman–Crippen MR) is 68.2 cm³/mol. The Labute approximate surface area is 106 Å². The van der Waals surface area contributed by atoms with Crippen molar-refractivity contribution < 1.29 is 9.84 Å². The number of hydrogen-bond donors (Lipinski definition) is 4. The Morgan fingerprint density at radius 1 is 1.39 bits per heavy atom. The summed E-state index contributed by atoms with van der Waals surface area (Å²) in [7, 11) is 0. The van der Waals surface area contributed by atoms with Crippen LogP contribution in [0.5, 0.6) is 0 Å². The molecule has 2 rings (SSSR count). The summed E-state index contributed by atoms with van der Waals surface area (Å²) >= 11 is 0. The lowest BCUT2D eigenvalue weighted by atomic mass is 10.0. The summed E-state index contributed by atoms with van der Waals surface area (Å²) in [6, 6.07) is 0. The van der Waals surface area contributed by atoms with E-state index in [9.17, 15) is 5.11 Å². The van der Waals surface area contributed by atoms with Crippen molar-refractivity contribution in [1.29, 1.82) is 0 Å². The minimum Gasteiger partial charge on any atom is -0.386 e. The van der Waals surface area contributed by atoms with Gasteiger partial charge in [-0.1, -0.05) is 0 Å². The van der Waals surface area contributed by atoms with Crippen LogP contribution in [0.4, 0.5) is 11.6 Å². The second-order valence-corrected chi connectivity index (χ2v) is 4.62. The zero-order chi connectivity index (χ0) is 13.2. The molecule has 0 radical (unpaired) electrons. The van der Waals surface area contributed by atoms with Crippen molar-refractivity contribution in [3.05, 3.63) is 11.4 Å². The molecule has 1 aliphatic heterocycles. The third-order valence-electron chi connectivity index (χ3n) is 3.06. The highest BCUT2D eigenvalue weighted by Crippen LogP contribution is 2.22. The summed E-state index contributed by atoms with van der Waals surface area (Å²) in [4.78, 5) is 8.48. The first-order valence-corrected chi connectivity index (χ1v) is 5.90. The average molecular weight is 253 g/mol. The van der Waals surface area contributed by atoms with Crippen molar-refractivity contribution in [2.45, 2.75) is 25.9 Å². The van der Waals surface area contributed by atoms with Crippen LogP contribution in [0.15, 0.2) is 0 Å². The van der Waals surface area contributed by atoms with Gasteiger partial charge in [0.2, 0.25) is 0 Å². The fourth-order valence-corrected chi connectivity index (χ4v) is 1.93. The minimum absolute atomic E-state index is 0.352. The summed E-state index contributed by atoms with van der Waals surface area (Å²) in [5, 5.41) is 13.3. The lowest BCUT2D eigenvalue weighted by Crippen LogP contribution is -2.37. The van der Waals surface area contributed by atoms with Gasteiger partial charge in [0.15, 0.2) is 0 Å². The third-order valence-corrected chi connectivity index (χ3v) is 3.06. The monoisotopic (exact) mass is 253 g/mol. The molecule has 2 heterocycles. The number of nitrogen functional groups attached to an aromatic ring is 1. The maximum absolute atomic E-state index is 10.2. The number of nitrogens with zero attached hydrogens (tertiary/aromatic N) is 2. The Bertz CT molecular complexity index is 432. The standard InChI is InChI=1S/C11H19N5O2/c1-7-9(14-8(2)15-10(7)16-12)13-5-11(17)3-4-18-6-11/h17H,3-6,12H2,1-2H3,(H2,13,14,15,16). The number of rotatable bonds is 4. The number of aromatic nitrogens is 2. The molecule has 0 spiro atoms. The van der Waals surface area contributed by atoms with Crippen LogP contribution in [0.2, 0.25) is 0 Å². The Morgan fingerprint density at radius 2 is 2.11 bits per heavy atom. The Kier molecular flexibility index (Phi) is 3.65. The summed E-state index contributed by atoms with van der Waals surface area (Å²) in [5.74, 6) is 7.27. The van der Waals surface area contributed by atoms with Crippen LogP contribution < -0.4 is 16.6 Å². The van der Waals surface area contributed by atoms with Gasteiger partial charge in [0.05, 0.1) is 6.61 Å². The van der Waals surface area contributed by atoms with E-state index in [2.05, 4.69) is 20.7 Å². The largest absolute Gasteiger partial charge is 0.386 e. The van der Waals surface area contributed by atoms with Gasteiger partial charge >= 0.3 is 0 Å². The molecule has 7 heteroatoms. The first-order valence-electron chi connectivity index (χ1n) is 5.90. The van der Waals surface area contributed by atoms with Crippen molar-refractivity contribution in [2.75, 3.05) is 30.5 Å². The number of nitrogens with two attached hydrogens (primary N) is 1. The molecular weight excluding hydrogens is 234 g/mol. The van der Waals surface area contributed by atoms with E-state index in [4.69, 9.17) is 10.6 Å². The van der Waals surface area contributed by atoms with Crippen LogP contribution in [0, 0.1) is 13.8 Å². The molecule has 1 saturated heterocycles. The van der Waals surface area contributed by atoms with Crippen molar-refractivity contribution in [2.24, 2.45) is 5.84 Å². The number of nitrogens with one attached hydrogen (secondary N) is 2. The topological polar surface area (TPSA) is 105 Å². The van der Waals surface area contributed by atoms with Crippen molar-refractivity contribution in [1.82, 2.24) is 9.97 Å². The molecule has 5 N–H and O–H groups in total. The van der Waals surface area contributed by atoms with Gasteiger partial charge in [-0.25, -0.2) is 15.8 Å². The van der Waals surface area contributed by atoms with Crippen LogP contribution in [-0.4, -0.2) is 40.4 Å². The van der Waals surface area contributed by atoms with Crippen LogP contribution >= 0.6 is 0 Å². The smallest absolute Gasteiger partial charge is 0.148 e. The van der Waals surface area contributed by atoms with Crippen LogP contribution in [0.1, 0.15) is 17.8 Å². The summed E-state index contributed by atoms with van der Waals surface area (Å²) in [6.07, 6.45) is 0.630. The molecule has 0 amide bonds. The molecule has 0 aliphatic carbocycles. The second kappa shape index (κ2) is 5.05. The maximum atomic E-state index is 10.2. The van der Waals surface area contributed by atoms with Gasteiger partial charge in [0.25, 0.3) is 0 Å². The quantitative estimate of drug-likeness (QED) is 0.440. The average Bonchev–Trinajstić information content (AvgIpc) is 2.77. The van der Waals surface area contributed by atoms with Crippen molar-refractivity contribution >= 4 is 11.6 Å². The molecule has 0 aromatic carbocycles. The van der Waals surface area contributed by atoms with Crippen molar-refractivity contribution in [3.8, 4) is 0 Å². The number of aryl methyl sites for hydroxylation is 1. The summed E-state index contributed by atoms with van der Waals surface area (Å²) in [5.41, 5.74) is 2.54. The van der Waals surface area contributed by atoms with E-state index in [1.807, 2.05) is 6.92 Å². The van der Waals surface area contributed by atoms with E-state index in [0.29, 0.717) is 43.6 Å². The van der Waals surface area contributed by atoms with E-state index >= 15 is 0 Å². The number of aliphatic hydroxyl groups is 1. The van der Waals surface area contributed by atoms with Gasteiger partial charge in [-0.3, -0.25) is 0 Å². The molecule has 18 heavy (non-hydrogen) atoms. The number of anilines is 2. The summed E-state index contributed by atoms with van der Waals surface area (Å²) < 4.78 is 5.19. The highest BCUT2D eigenvalue weighted by Gasteiger charge is 2.32. The molecule has 1 aromatic rings. The molecule has 0 saturated carbocycles. The van der Waals surface area contributed by atoms with Crippen LogP contribution in [0.25, 0.3) is 0 Å². The van der Waals surface area contributed by atoms with Crippen LogP contribution in [-0.2, 0) is 4.74 Å². The Morgan fingerprint density at radius 3 is 2.72 bits per heavy atom. The first-order chi connectivity index (χ1) is 8.54. The number of hydrazine groups is 1. The van der Waals surface area contributed by atoms with E-state index in [1.165, 1.54) is 0 Å². The lowest BCUT2D eigenvalue weighted by molar-refractivity contribution is 0.0381. The van der Waals surface area contributed by atoms with Gasteiger partial charge in [0.1, 0.15) is 23.1 Å². The van der Waals surface area contributed by atoms with Gasteiger partial charge in [-0.2, -0.15) is 0 Å². The molecule has 1 atom stereocenters. The van der Waals surface area contributed by atoms with E-state index < -0.39 is 5.60 Å². The van der Waals surface area contributed by atoms with E-state index in [0.717, 1.165) is 5.56 Å². The van der Waals surface area contributed by atoms with E-state index in [1.54, 1.807) is 6.92 Å². The van der Waals surface area contributed by atoms with Gasteiger partial charge < -0.3 is 20.6 Å². The Balaban J connectivity index is 2.11. The van der Waals surface area contributed by atoms with Gasteiger partial charge in [-0.15, -0.1) is 0 Å². The highest BCUT2D eigenvalue weighted by atomic mass is 16.5. The number of ether oxygens (including phenoxy) is 1. The molecule has 1 aromatic heterocycles. The zero-order valence-electron chi connectivity index (χ0n) is 10.7. The first kappa shape index (κ1) is 13.0. The molecule has 1 fully saturated rings. The van der Waals surface area contributed by atoms with Gasteiger partial charge in [0, 0.05) is 25.1 Å². The minimum atomic E-state index is -0.818. The molecule has 7 nitrogen and oxygen atoms in total. The highest BCUT2D eigenvalue weighted by molar-refractivity contribution is 5.56. The normalized spacial score (nSPS) is 23.1. The lowest BCUT2D eigenvalue weighted by Gasteiger charge is -2.22. The molecular formula is C11H19N5O2. The Hall–Kier alpha value is -1.44. The molecule has 0 bridgehead atoms. The molecule has 1 unspecified atom stereocenters. The molecule has 1 aliphatic rings. The number of hydrogen-bond acceptors (Lipinski definition) is 7. The molecule has 100 valence electrons. The van der Waals surface area contributed by atoms with Crippen LogP contribution in [0.3, 0.4) is 0 Å². The zero-order valence-corrected chi connectivity index (χ0v) is 10.7. The predicted octanol–water partition coefficient (Wildman–Crippen LogP) is -0.0577. The fourth-order valence-electron chi connectivity index (χ4n) is 1.93. The second-order valence-electron chi connectivity index (χ2n) is 4.62. The van der Waals surface area contributed by atoms with E-state index in [-0.39, 0.29) is 0 Å². The SMILES string of the molecule is Cc1nc(NN)c(C)c(NCC2(O)CCOC2)n1. The fraction of sp³-hybridized carbons (Fsp3) is 0.636. The van der Waals surface area contributed by atoms with Crippen molar-refractivity contribution in [3.63, 3.8) is 0 Å².